The Kier molecular flexibility index (Phi) is 3.45. The van der Waals surface area contributed by atoms with Crippen LogP contribution in [0.1, 0.15) is 23.6 Å². The molecule has 1 rings (SSSR count). The lowest BCUT2D eigenvalue weighted by molar-refractivity contribution is -0.131. The summed E-state index contributed by atoms with van der Waals surface area (Å²) in [6, 6.07) is 3.83. The van der Waals surface area contributed by atoms with Crippen molar-refractivity contribution in [2.45, 2.75) is 13.8 Å². The lowest BCUT2D eigenvalue weighted by Gasteiger charge is -2.10. The molecule has 0 spiro atoms. The van der Waals surface area contributed by atoms with Gasteiger partial charge in [0.25, 0.3) is 0 Å². The van der Waals surface area contributed by atoms with Crippen molar-refractivity contribution in [1.29, 1.82) is 0 Å². The Bertz CT molecular complexity index is 388. The van der Waals surface area contributed by atoms with E-state index in [2.05, 4.69) is 13.2 Å². The van der Waals surface area contributed by atoms with Crippen LogP contribution in [0.5, 0.6) is 5.75 Å². The highest BCUT2D eigenvalue weighted by molar-refractivity contribution is 5.76. The van der Waals surface area contributed by atoms with E-state index in [4.69, 9.17) is 4.74 Å². The molecule has 0 saturated heterocycles. The fourth-order valence-corrected chi connectivity index (χ4v) is 1.39. The molecule has 78 valence electrons. The minimum atomic E-state index is -0.343. The second-order valence-electron chi connectivity index (χ2n) is 3.27. The van der Waals surface area contributed by atoms with Gasteiger partial charge in [0.05, 0.1) is 0 Å². The zero-order valence-electron chi connectivity index (χ0n) is 9.04. The van der Waals surface area contributed by atoms with E-state index < -0.39 is 0 Å². The number of rotatable bonds is 3. The Morgan fingerprint density at radius 3 is 2.07 bits per heavy atom. The Balaban J connectivity index is 3.36. The van der Waals surface area contributed by atoms with Gasteiger partial charge in [-0.3, -0.25) is 4.79 Å². The van der Waals surface area contributed by atoms with Gasteiger partial charge in [0, 0.05) is 18.1 Å². The minimum absolute atomic E-state index is 0.343. The summed E-state index contributed by atoms with van der Waals surface area (Å²) in [5.74, 6) is 0.183. The molecule has 0 N–H and O–H groups in total. The third-order valence-electron chi connectivity index (χ3n) is 1.98. The quantitative estimate of drug-likeness (QED) is 0.555. The first-order valence-corrected chi connectivity index (χ1v) is 4.66. The van der Waals surface area contributed by atoms with Crippen LogP contribution in [-0.2, 0) is 4.79 Å². The van der Waals surface area contributed by atoms with E-state index in [0.717, 1.165) is 16.7 Å². The molecule has 2 nitrogen and oxygen atoms in total. The van der Waals surface area contributed by atoms with Crippen LogP contribution in [0.2, 0.25) is 0 Å². The molecule has 0 unspecified atom stereocenters. The largest absolute Gasteiger partial charge is 0.425 e. The van der Waals surface area contributed by atoms with Crippen LogP contribution in [0.4, 0.5) is 0 Å². The van der Waals surface area contributed by atoms with E-state index in [1.54, 1.807) is 12.2 Å². The molecule has 0 radical (unpaired) electrons. The predicted molar refractivity (Wildman–Crippen MR) is 62.7 cm³/mol. The fraction of sp³-hybridized carbons (Fsp3) is 0.154. The maximum atomic E-state index is 10.9. The zero-order chi connectivity index (χ0) is 11.4. The molecule has 1 aromatic carbocycles. The first-order valence-electron chi connectivity index (χ1n) is 4.66. The van der Waals surface area contributed by atoms with Gasteiger partial charge in [-0.05, 0) is 24.6 Å². The van der Waals surface area contributed by atoms with Gasteiger partial charge in [-0.25, -0.2) is 0 Å². The third-order valence-corrected chi connectivity index (χ3v) is 1.98. The SMILES string of the molecule is C=Cc1cc(C)cc(C=C)c1OC(C)=O. The van der Waals surface area contributed by atoms with Crippen LogP contribution in [0, 0.1) is 6.92 Å². The first-order chi connectivity index (χ1) is 7.08. The number of esters is 1. The smallest absolute Gasteiger partial charge is 0.308 e. The van der Waals surface area contributed by atoms with Crippen molar-refractivity contribution >= 4 is 18.1 Å². The molecule has 0 bridgehead atoms. The highest BCUT2D eigenvalue weighted by atomic mass is 16.5. The summed E-state index contributed by atoms with van der Waals surface area (Å²) >= 11 is 0. The molecule has 15 heavy (non-hydrogen) atoms. The van der Waals surface area contributed by atoms with Crippen molar-refractivity contribution in [2.75, 3.05) is 0 Å². The minimum Gasteiger partial charge on any atom is -0.425 e. The lowest BCUT2D eigenvalue weighted by Crippen LogP contribution is -2.04. The van der Waals surface area contributed by atoms with E-state index in [9.17, 15) is 4.79 Å². The summed E-state index contributed by atoms with van der Waals surface area (Å²) < 4.78 is 5.13. The average Bonchev–Trinajstić information content (AvgIpc) is 2.19. The second kappa shape index (κ2) is 4.60. The molecule has 0 fully saturated rings. The highest BCUT2D eigenvalue weighted by Crippen LogP contribution is 2.28. The van der Waals surface area contributed by atoms with Crippen LogP contribution in [0.25, 0.3) is 12.2 Å². The van der Waals surface area contributed by atoms with Crippen molar-refractivity contribution < 1.29 is 9.53 Å². The first kappa shape index (κ1) is 11.2. The van der Waals surface area contributed by atoms with Gasteiger partial charge >= 0.3 is 5.97 Å². The molecule has 0 atom stereocenters. The molecule has 1 aromatic rings. The number of benzene rings is 1. The molecule has 0 amide bonds. The van der Waals surface area contributed by atoms with Crippen molar-refractivity contribution in [3.05, 3.63) is 42.0 Å². The molecule has 0 aliphatic rings. The highest BCUT2D eigenvalue weighted by Gasteiger charge is 2.09. The van der Waals surface area contributed by atoms with E-state index in [0.29, 0.717) is 5.75 Å². The summed E-state index contributed by atoms with van der Waals surface area (Å²) in [4.78, 5) is 10.9. The van der Waals surface area contributed by atoms with Crippen LogP contribution in [0.15, 0.2) is 25.3 Å². The normalized spacial score (nSPS) is 9.47. The number of carbonyl (C=O) groups excluding carboxylic acids is 1. The fourth-order valence-electron chi connectivity index (χ4n) is 1.39. The summed E-state index contributed by atoms with van der Waals surface area (Å²) in [5.41, 5.74) is 2.69. The molecular weight excluding hydrogens is 188 g/mol. The maximum Gasteiger partial charge on any atom is 0.308 e. The molecule has 0 aliphatic carbocycles. The molecule has 2 heteroatoms. The van der Waals surface area contributed by atoms with Gasteiger partial charge in [-0.1, -0.05) is 25.3 Å². The van der Waals surface area contributed by atoms with Gasteiger partial charge in [-0.2, -0.15) is 0 Å². The molecule has 0 aliphatic heterocycles. The second-order valence-corrected chi connectivity index (χ2v) is 3.27. The molecule has 0 aromatic heterocycles. The van der Waals surface area contributed by atoms with Gasteiger partial charge in [-0.15, -0.1) is 0 Å². The summed E-state index contributed by atoms with van der Waals surface area (Å²) in [7, 11) is 0. The Labute approximate surface area is 89.9 Å². The number of aryl methyl sites for hydroxylation is 1. The average molecular weight is 202 g/mol. The van der Waals surface area contributed by atoms with E-state index >= 15 is 0 Å². The van der Waals surface area contributed by atoms with Crippen LogP contribution in [-0.4, -0.2) is 5.97 Å². The third kappa shape index (κ3) is 2.56. The molecule has 0 saturated carbocycles. The van der Waals surface area contributed by atoms with Crippen molar-refractivity contribution in [2.24, 2.45) is 0 Å². The van der Waals surface area contributed by atoms with Crippen LogP contribution in [0.3, 0.4) is 0 Å². The Hall–Kier alpha value is -1.83. The topological polar surface area (TPSA) is 26.3 Å². The molecular formula is C13H14O2. The van der Waals surface area contributed by atoms with E-state index in [1.807, 2.05) is 19.1 Å². The Morgan fingerprint density at radius 2 is 1.73 bits per heavy atom. The van der Waals surface area contributed by atoms with Crippen LogP contribution < -0.4 is 4.74 Å². The predicted octanol–water partition coefficient (Wildman–Crippen LogP) is 3.21. The summed E-state index contributed by atoms with van der Waals surface area (Å²) in [6.45, 7) is 10.7. The number of hydrogen-bond donors (Lipinski definition) is 0. The molecule has 0 heterocycles. The van der Waals surface area contributed by atoms with Gasteiger partial charge in [0.1, 0.15) is 5.75 Å². The Morgan fingerprint density at radius 1 is 1.27 bits per heavy atom. The zero-order valence-corrected chi connectivity index (χ0v) is 9.04. The van der Waals surface area contributed by atoms with Crippen molar-refractivity contribution in [3.63, 3.8) is 0 Å². The van der Waals surface area contributed by atoms with Crippen molar-refractivity contribution in [3.8, 4) is 5.75 Å². The van der Waals surface area contributed by atoms with Gasteiger partial charge < -0.3 is 4.74 Å². The number of carbonyl (C=O) groups is 1. The van der Waals surface area contributed by atoms with Gasteiger partial charge in [0.2, 0.25) is 0 Å². The summed E-state index contributed by atoms with van der Waals surface area (Å²) in [5, 5.41) is 0. The maximum absolute atomic E-state index is 10.9. The lowest BCUT2D eigenvalue weighted by atomic mass is 10.0. The van der Waals surface area contributed by atoms with Crippen LogP contribution >= 0.6 is 0 Å². The number of ether oxygens (including phenoxy) is 1. The standard InChI is InChI=1S/C13H14O2/c1-5-11-7-9(3)8-12(6-2)13(11)15-10(4)14/h5-8H,1-2H2,3-4H3. The van der Waals surface area contributed by atoms with E-state index in [-0.39, 0.29) is 5.97 Å². The summed E-state index contributed by atoms with van der Waals surface area (Å²) in [6.07, 6.45) is 3.33. The number of hydrogen-bond acceptors (Lipinski definition) is 2. The van der Waals surface area contributed by atoms with Crippen molar-refractivity contribution in [1.82, 2.24) is 0 Å². The van der Waals surface area contributed by atoms with Gasteiger partial charge in [0.15, 0.2) is 0 Å². The van der Waals surface area contributed by atoms with E-state index in [1.165, 1.54) is 6.92 Å². The monoisotopic (exact) mass is 202 g/mol.